The van der Waals surface area contributed by atoms with Crippen LogP contribution in [0.3, 0.4) is 0 Å². The summed E-state index contributed by atoms with van der Waals surface area (Å²) in [5, 5.41) is 6.49. The van der Waals surface area contributed by atoms with E-state index in [1.54, 1.807) is 7.05 Å². The maximum absolute atomic E-state index is 11.1. The lowest BCUT2D eigenvalue weighted by Gasteiger charge is -2.18. The molecule has 0 radical (unpaired) electrons. The normalized spacial score (nSPS) is 13.6. The van der Waals surface area contributed by atoms with Gasteiger partial charge in [0.1, 0.15) is 9.84 Å². The average molecular weight is 418 g/mol. The van der Waals surface area contributed by atoms with Crippen molar-refractivity contribution in [3.63, 3.8) is 0 Å². The standard InChI is InChI=1S/C17H28BrN3O2S/c1-4-14(11-15-7-5-8-16(18)12-15)13-21-17(19-2)20-9-6-10-24(3,22)23/h5,7-8,12,14H,4,6,9-11,13H2,1-3H3,(H2,19,20,21). The van der Waals surface area contributed by atoms with Crippen molar-refractivity contribution in [2.75, 3.05) is 32.1 Å². The van der Waals surface area contributed by atoms with Gasteiger partial charge in [-0.3, -0.25) is 4.99 Å². The maximum Gasteiger partial charge on any atom is 0.190 e. The molecule has 5 nitrogen and oxygen atoms in total. The molecule has 1 rings (SSSR count). The quantitative estimate of drug-likeness (QED) is 0.368. The molecular weight excluding hydrogens is 390 g/mol. The average Bonchev–Trinajstić information content (AvgIpc) is 2.52. The van der Waals surface area contributed by atoms with Crippen molar-refractivity contribution in [1.29, 1.82) is 0 Å². The van der Waals surface area contributed by atoms with Crippen LogP contribution in [-0.4, -0.2) is 46.5 Å². The number of rotatable bonds is 9. The van der Waals surface area contributed by atoms with Crippen LogP contribution < -0.4 is 10.6 Å². The van der Waals surface area contributed by atoms with Crippen molar-refractivity contribution in [3.8, 4) is 0 Å². The third-order valence-corrected chi connectivity index (χ3v) is 5.28. The van der Waals surface area contributed by atoms with E-state index in [-0.39, 0.29) is 5.75 Å². The summed E-state index contributed by atoms with van der Waals surface area (Å²) in [5.41, 5.74) is 1.31. The molecule has 0 aliphatic rings. The molecule has 2 N–H and O–H groups in total. The van der Waals surface area contributed by atoms with Gasteiger partial charge in [0.05, 0.1) is 5.75 Å². The van der Waals surface area contributed by atoms with E-state index in [1.165, 1.54) is 11.8 Å². The van der Waals surface area contributed by atoms with E-state index in [1.807, 2.05) is 6.07 Å². The van der Waals surface area contributed by atoms with Gasteiger partial charge in [-0.1, -0.05) is 41.4 Å². The Morgan fingerprint density at radius 1 is 1.33 bits per heavy atom. The Labute approximate surface area is 154 Å². The van der Waals surface area contributed by atoms with Crippen molar-refractivity contribution in [2.45, 2.75) is 26.2 Å². The van der Waals surface area contributed by atoms with Crippen LogP contribution in [0.15, 0.2) is 33.7 Å². The van der Waals surface area contributed by atoms with Crippen LogP contribution in [0, 0.1) is 5.92 Å². The molecular formula is C17H28BrN3O2S. The Morgan fingerprint density at radius 2 is 2.08 bits per heavy atom. The molecule has 1 unspecified atom stereocenters. The summed E-state index contributed by atoms with van der Waals surface area (Å²) >= 11 is 3.51. The summed E-state index contributed by atoms with van der Waals surface area (Å²) < 4.78 is 23.3. The monoisotopic (exact) mass is 417 g/mol. The predicted molar refractivity (Wildman–Crippen MR) is 105 cm³/mol. The molecule has 0 saturated heterocycles. The highest BCUT2D eigenvalue weighted by Gasteiger charge is 2.09. The number of sulfone groups is 1. The van der Waals surface area contributed by atoms with E-state index in [0.29, 0.717) is 18.9 Å². The van der Waals surface area contributed by atoms with Crippen molar-refractivity contribution >= 4 is 31.7 Å². The van der Waals surface area contributed by atoms with Gasteiger partial charge in [0, 0.05) is 30.9 Å². The number of nitrogens with zero attached hydrogens (tertiary/aromatic N) is 1. The van der Waals surface area contributed by atoms with Gasteiger partial charge in [0.2, 0.25) is 0 Å². The summed E-state index contributed by atoms with van der Waals surface area (Å²) in [5.74, 6) is 1.42. The Bertz CT molecular complexity index is 632. The van der Waals surface area contributed by atoms with Crippen LogP contribution in [0.1, 0.15) is 25.3 Å². The van der Waals surface area contributed by atoms with Crippen molar-refractivity contribution in [2.24, 2.45) is 10.9 Å². The lowest BCUT2D eigenvalue weighted by atomic mass is 9.97. The molecule has 0 aromatic heterocycles. The molecule has 24 heavy (non-hydrogen) atoms. The maximum atomic E-state index is 11.1. The van der Waals surface area contributed by atoms with Crippen LogP contribution >= 0.6 is 15.9 Å². The molecule has 1 aromatic rings. The molecule has 0 spiro atoms. The van der Waals surface area contributed by atoms with Crippen LogP contribution in [0.5, 0.6) is 0 Å². The number of hydrogen-bond acceptors (Lipinski definition) is 3. The molecule has 1 aromatic carbocycles. The number of nitrogens with one attached hydrogen (secondary N) is 2. The van der Waals surface area contributed by atoms with E-state index in [4.69, 9.17) is 0 Å². The zero-order chi connectivity index (χ0) is 18.0. The van der Waals surface area contributed by atoms with Gasteiger partial charge in [-0.05, 0) is 36.5 Å². The molecule has 0 saturated carbocycles. The minimum absolute atomic E-state index is 0.192. The number of guanidine groups is 1. The first-order valence-electron chi connectivity index (χ1n) is 8.20. The van der Waals surface area contributed by atoms with Gasteiger partial charge < -0.3 is 10.6 Å². The SMILES string of the molecule is CCC(CNC(=NC)NCCCS(C)(=O)=O)Cc1cccc(Br)c1. The predicted octanol–water partition coefficient (Wildman–Crippen LogP) is 2.62. The van der Waals surface area contributed by atoms with Crippen molar-refractivity contribution < 1.29 is 8.42 Å². The zero-order valence-corrected chi connectivity index (χ0v) is 17.1. The smallest absolute Gasteiger partial charge is 0.190 e. The number of halogens is 1. The summed E-state index contributed by atoms with van der Waals surface area (Å²) in [6, 6.07) is 8.39. The Balaban J connectivity index is 2.39. The summed E-state index contributed by atoms with van der Waals surface area (Å²) in [7, 11) is -1.18. The van der Waals surface area contributed by atoms with Crippen molar-refractivity contribution in [1.82, 2.24) is 10.6 Å². The van der Waals surface area contributed by atoms with E-state index >= 15 is 0 Å². The van der Waals surface area contributed by atoms with Crippen LogP contribution in [0.2, 0.25) is 0 Å². The van der Waals surface area contributed by atoms with E-state index in [2.05, 4.69) is 56.7 Å². The topological polar surface area (TPSA) is 70.6 Å². The second-order valence-electron chi connectivity index (χ2n) is 5.97. The summed E-state index contributed by atoms with van der Waals surface area (Å²) in [4.78, 5) is 4.19. The van der Waals surface area contributed by atoms with E-state index in [0.717, 1.165) is 29.8 Å². The fourth-order valence-corrected chi connectivity index (χ4v) is 3.48. The number of hydrogen-bond donors (Lipinski definition) is 2. The fourth-order valence-electron chi connectivity index (χ4n) is 2.36. The lowest BCUT2D eigenvalue weighted by molar-refractivity contribution is 0.493. The highest BCUT2D eigenvalue weighted by atomic mass is 79.9. The van der Waals surface area contributed by atoms with Crippen LogP contribution in [0.25, 0.3) is 0 Å². The molecule has 136 valence electrons. The van der Waals surface area contributed by atoms with Crippen LogP contribution in [-0.2, 0) is 16.3 Å². The third-order valence-electron chi connectivity index (χ3n) is 3.76. The highest BCUT2D eigenvalue weighted by molar-refractivity contribution is 9.10. The summed E-state index contributed by atoms with van der Waals surface area (Å²) in [6.45, 7) is 3.61. The number of aliphatic imine (C=N–C) groups is 1. The second-order valence-corrected chi connectivity index (χ2v) is 9.15. The van der Waals surface area contributed by atoms with Gasteiger partial charge in [0.15, 0.2) is 5.96 Å². The largest absolute Gasteiger partial charge is 0.356 e. The fraction of sp³-hybridized carbons (Fsp3) is 0.588. The lowest BCUT2D eigenvalue weighted by Crippen LogP contribution is -2.40. The van der Waals surface area contributed by atoms with E-state index < -0.39 is 9.84 Å². The Morgan fingerprint density at radius 3 is 2.67 bits per heavy atom. The van der Waals surface area contributed by atoms with Gasteiger partial charge in [-0.2, -0.15) is 0 Å². The molecule has 0 fully saturated rings. The van der Waals surface area contributed by atoms with E-state index in [9.17, 15) is 8.42 Å². The molecule has 0 aliphatic heterocycles. The van der Waals surface area contributed by atoms with Gasteiger partial charge in [0.25, 0.3) is 0 Å². The number of benzene rings is 1. The first-order chi connectivity index (χ1) is 11.3. The highest BCUT2D eigenvalue weighted by Crippen LogP contribution is 2.16. The van der Waals surface area contributed by atoms with Gasteiger partial charge >= 0.3 is 0 Å². The third kappa shape index (κ3) is 9.27. The molecule has 0 heterocycles. The summed E-state index contributed by atoms with van der Waals surface area (Å²) in [6.07, 6.45) is 3.92. The molecule has 7 heteroatoms. The van der Waals surface area contributed by atoms with Crippen molar-refractivity contribution in [3.05, 3.63) is 34.3 Å². The minimum Gasteiger partial charge on any atom is -0.356 e. The molecule has 1 atom stereocenters. The minimum atomic E-state index is -2.90. The first kappa shape index (κ1) is 21.0. The first-order valence-corrected chi connectivity index (χ1v) is 11.1. The molecule has 0 aliphatic carbocycles. The second kappa shape index (κ2) is 10.7. The molecule has 0 bridgehead atoms. The van der Waals surface area contributed by atoms with Gasteiger partial charge in [-0.15, -0.1) is 0 Å². The zero-order valence-electron chi connectivity index (χ0n) is 14.7. The Kier molecular flexibility index (Phi) is 9.36. The Hall–Kier alpha value is -1.08. The molecule has 0 amide bonds. The van der Waals surface area contributed by atoms with Gasteiger partial charge in [-0.25, -0.2) is 8.42 Å². The van der Waals surface area contributed by atoms with Crippen LogP contribution in [0.4, 0.5) is 0 Å².